The maximum absolute atomic E-state index is 12.1. The van der Waals surface area contributed by atoms with E-state index in [0.29, 0.717) is 23.4 Å². The molecule has 140 valence electrons. The molecule has 7 nitrogen and oxygen atoms in total. The minimum atomic E-state index is -4.35. The Bertz CT molecular complexity index is 814. The Balaban J connectivity index is 1.53. The number of aromatic nitrogens is 3. The highest BCUT2D eigenvalue weighted by molar-refractivity contribution is 5.80. The molecule has 0 saturated heterocycles. The zero-order chi connectivity index (χ0) is 18.7. The summed E-state index contributed by atoms with van der Waals surface area (Å²) in [6.45, 7) is 0.378. The molecule has 0 radical (unpaired) electrons. The summed E-state index contributed by atoms with van der Waals surface area (Å²) in [5.74, 6) is -0.524. The molecule has 2 aromatic rings. The van der Waals surface area contributed by atoms with Gasteiger partial charge in [0.1, 0.15) is 0 Å². The summed E-state index contributed by atoms with van der Waals surface area (Å²) in [6, 6.07) is 1.68. The normalized spacial score (nSPS) is 14.4. The number of hydrogen-bond acceptors (Lipinski definition) is 4. The van der Waals surface area contributed by atoms with Crippen LogP contribution in [0.1, 0.15) is 36.9 Å². The van der Waals surface area contributed by atoms with Crippen molar-refractivity contribution < 1.29 is 22.8 Å². The van der Waals surface area contributed by atoms with E-state index < -0.39 is 24.9 Å². The lowest BCUT2D eigenvalue weighted by atomic mass is 10.2. The van der Waals surface area contributed by atoms with E-state index in [0.717, 1.165) is 12.8 Å². The number of carbonyl (C=O) groups is 2. The van der Waals surface area contributed by atoms with E-state index in [1.165, 1.54) is 10.7 Å². The van der Waals surface area contributed by atoms with Gasteiger partial charge in [-0.15, -0.1) is 0 Å². The molecule has 2 amide bonds. The smallest absolute Gasteiger partial charge is 0.352 e. The number of hydrogen-bond donors (Lipinski definition) is 2. The van der Waals surface area contributed by atoms with Crippen LogP contribution in [0.5, 0.6) is 0 Å². The Hall–Kier alpha value is -2.65. The van der Waals surface area contributed by atoms with E-state index >= 15 is 0 Å². The summed E-state index contributed by atoms with van der Waals surface area (Å²) in [5.41, 5.74) is 1.80. The largest absolute Gasteiger partial charge is 0.389 e. The third-order valence-electron chi connectivity index (χ3n) is 3.94. The van der Waals surface area contributed by atoms with Crippen LogP contribution in [-0.4, -0.2) is 32.6 Å². The third kappa shape index (κ3) is 5.17. The van der Waals surface area contributed by atoms with Gasteiger partial charge in [0.05, 0.1) is 31.1 Å². The molecule has 10 heteroatoms. The number of alkyl halides is 3. The first kappa shape index (κ1) is 18.2. The molecule has 2 aromatic heterocycles. The monoisotopic (exact) mass is 369 g/mol. The van der Waals surface area contributed by atoms with Crippen LogP contribution in [-0.2, 0) is 22.7 Å². The number of fused-ring (bicyclic) bond motifs is 1. The Morgan fingerprint density at radius 2 is 2.00 bits per heavy atom. The van der Waals surface area contributed by atoms with Crippen LogP contribution in [0.4, 0.5) is 13.2 Å². The summed E-state index contributed by atoms with van der Waals surface area (Å²) in [6.07, 6.45) is -1.05. The Morgan fingerprint density at radius 1 is 1.23 bits per heavy atom. The first-order valence-electron chi connectivity index (χ1n) is 8.24. The molecule has 1 fully saturated rings. The van der Waals surface area contributed by atoms with Crippen molar-refractivity contribution in [1.82, 2.24) is 25.2 Å². The molecule has 26 heavy (non-hydrogen) atoms. The fourth-order valence-corrected chi connectivity index (χ4v) is 2.36. The molecule has 0 atom stereocenters. The minimum absolute atomic E-state index is 0.0253. The topological polar surface area (TPSA) is 88.4 Å². The van der Waals surface area contributed by atoms with Crippen molar-refractivity contribution in [1.29, 1.82) is 0 Å². The van der Waals surface area contributed by atoms with Gasteiger partial charge < -0.3 is 10.6 Å². The molecular formula is C16H18F3N5O2. The number of rotatable bonds is 7. The summed E-state index contributed by atoms with van der Waals surface area (Å²) < 4.78 is 37.8. The van der Waals surface area contributed by atoms with Crippen molar-refractivity contribution in [2.75, 3.05) is 0 Å². The number of halogens is 3. The molecule has 1 aliphatic carbocycles. The number of imidazole rings is 1. The lowest BCUT2D eigenvalue weighted by Gasteiger charge is -2.07. The van der Waals surface area contributed by atoms with Crippen molar-refractivity contribution in [3.8, 4) is 0 Å². The fourth-order valence-electron chi connectivity index (χ4n) is 2.36. The van der Waals surface area contributed by atoms with Gasteiger partial charge in [-0.25, -0.2) is 9.50 Å². The van der Waals surface area contributed by atoms with Gasteiger partial charge in [0.25, 0.3) is 0 Å². The summed E-state index contributed by atoms with van der Waals surface area (Å²) in [7, 11) is 0. The molecule has 1 aliphatic rings. The molecule has 0 aromatic carbocycles. The van der Waals surface area contributed by atoms with Crippen LogP contribution in [0.3, 0.4) is 0 Å². The second kappa shape index (κ2) is 7.30. The van der Waals surface area contributed by atoms with Crippen molar-refractivity contribution in [3.63, 3.8) is 0 Å². The van der Waals surface area contributed by atoms with E-state index in [-0.39, 0.29) is 18.4 Å². The molecule has 2 heterocycles. The molecular weight excluding hydrogens is 351 g/mol. The van der Waals surface area contributed by atoms with Gasteiger partial charge in [-0.3, -0.25) is 9.59 Å². The number of amides is 2. The number of nitrogens with zero attached hydrogens (tertiary/aromatic N) is 3. The molecule has 0 bridgehead atoms. The van der Waals surface area contributed by atoms with Gasteiger partial charge in [-0.1, -0.05) is 0 Å². The number of carbonyl (C=O) groups excluding carboxylic acids is 2. The van der Waals surface area contributed by atoms with Crippen LogP contribution in [0.25, 0.3) is 5.65 Å². The van der Waals surface area contributed by atoms with E-state index in [1.54, 1.807) is 12.3 Å². The SMILES string of the molecule is O=C(CCC(F)(F)F)NCc1cnn2cc(CNC(=O)C3CC3)nc2c1. The van der Waals surface area contributed by atoms with Gasteiger partial charge in [0, 0.05) is 18.9 Å². The first-order chi connectivity index (χ1) is 12.3. The molecule has 0 aliphatic heterocycles. The van der Waals surface area contributed by atoms with Gasteiger partial charge in [0.15, 0.2) is 5.65 Å². The van der Waals surface area contributed by atoms with Gasteiger partial charge in [-0.05, 0) is 24.5 Å². The molecule has 2 N–H and O–H groups in total. The quantitative estimate of drug-likeness (QED) is 0.778. The third-order valence-corrected chi connectivity index (χ3v) is 3.94. The van der Waals surface area contributed by atoms with Crippen LogP contribution in [0, 0.1) is 5.92 Å². The lowest BCUT2D eigenvalue weighted by molar-refractivity contribution is -0.144. The van der Waals surface area contributed by atoms with Crippen molar-refractivity contribution in [3.05, 3.63) is 29.7 Å². The maximum Gasteiger partial charge on any atom is 0.389 e. The zero-order valence-corrected chi connectivity index (χ0v) is 13.8. The highest BCUT2D eigenvalue weighted by atomic mass is 19.4. The van der Waals surface area contributed by atoms with Crippen molar-refractivity contribution in [2.45, 2.75) is 44.9 Å². The lowest BCUT2D eigenvalue weighted by Crippen LogP contribution is -2.24. The highest BCUT2D eigenvalue weighted by Crippen LogP contribution is 2.28. The maximum atomic E-state index is 12.1. The van der Waals surface area contributed by atoms with Crippen LogP contribution in [0.15, 0.2) is 18.5 Å². The van der Waals surface area contributed by atoms with Crippen LogP contribution in [0.2, 0.25) is 0 Å². The predicted octanol–water partition coefficient (Wildman–Crippen LogP) is 1.71. The zero-order valence-electron chi connectivity index (χ0n) is 13.8. The average molecular weight is 369 g/mol. The summed E-state index contributed by atoms with van der Waals surface area (Å²) in [5, 5.41) is 9.39. The first-order valence-corrected chi connectivity index (χ1v) is 8.24. The second-order valence-corrected chi connectivity index (χ2v) is 6.28. The predicted molar refractivity (Wildman–Crippen MR) is 84.7 cm³/mol. The molecule has 3 rings (SSSR count). The molecule has 1 saturated carbocycles. The average Bonchev–Trinajstić information content (AvgIpc) is 3.35. The Morgan fingerprint density at radius 3 is 2.69 bits per heavy atom. The summed E-state index contributed by atoms with van der Waals surface area (Å²) in [4.78, 5) is 27.4. The van der Waals surface area contributed by atoms with Gasteiger partial charge in [0.2, 0.25) is 11.8 Å². The highest BCUT2D eigenvalue weighted by Gasteiger charge is 2.29. The fraction of sp³-hybridized carbons (Fsp3) is 0.500. The molecule has 0 unspecified atom stereocenters. The Labute approximate surface area is 147 Å². The van der Waals surface area contributed by atoms with E-state index in [1.807, 2.05) is 0 Å². The van der Waals surface area contributed by atoms with E-state index in [2.05, 4.69) is 20.7 Å². The van der Waals surface area contributed by atoms with Crippen molar-refractivity contribution in [2.24, 2.45) is 5.92 Å². The van der Waals surface area contributed by atoms with E-state index in [4.69, 9.17) is 0 Å². The van der Waals surface area contributed by atoms with Gasteiger partial charge in [-0.2, -0.15) is 18.3 Å². The number of nitrogens with one attached hydrogen (secondary N) is 2. The van der Waals surface area contributed by atoms with Crippen molar-refractivity contribution >= 4 is 17.5 Å². The summed E-state index contributed by atoms with van der Waals surface area (Å²) >= 11 is 0. The van der Waals surface area contributed by atoms with Crippen LogP contribution >= 0.6 is 0 Å². The minimum Gasteiger partial charge on any atom is -0.352 e. The molecule has 0 spiro atoms. The van der Waals surface area contributed by atoms with Gasteiger partial charge >= 0.3 is 6.18 Å². The standard InChI is InChI=1S/C16H18F3N5O2/c17-16(18,19)4-3-14(25)20-6-10-5-13-23-12(9-24(13)22-7-10)8-21-15(26)11-1-2-11/h5,7,9,11H,1-4,6,8H2,(H,20,25)(H,21,26). The Kier molecular flexibility index (Phi) is 5.10. The second-order valence-electron chi connectivity index (χ2n) is 6.28. The van der Waals surface area contributed by atoms with E-state index in [9.17, 15) is 22.8 Å². The van der Waals surface area contributed by atoms with Crippen LogP contribution < -0.4 is 10.6 Å².